The normalized spacial score (nSPS) is 19.1. The fraction of sp³-hybridized carbons (Fsp3) is 0.440. The Morgan fingerprint density at radius 3 is 2.67 bits per heavy atom. The van der Waals surface area contributed by atoms with Crippen LogP contribution in [0.15, 0.2) is 42.9 Å². The van der Waals surface area contributed by atoms with Crippen LogP contribution in [0.4, 0.5) is 0 Å². The third-order valence-corrected chi connectivity index (χ3v) is 6.64. The Morgan fingerprint density at radius 2 is 1.93 bits per heavy atom. The monoisotopic (exact) mass is 402 g/mol. The van der Waals surface area contributed by atoms with Crippen molar-refractivity contribution in [2.24, 2.45) is 7.05 Å². The zero-order valence-electron chi connectivity index (χ0n) is 18.0. The van der Waals surface area contributed by atoms with E-state index in [-0.39, 0.29) is 0 Å². The van der Waals surface area contributed by atoms with Crippen molar-refractivity contribution in [2.45, 2.75) is 44.6 Å². The molecule has 2 aromatic heterocycles. The summed E-state index contributed by atoms with van der Waals surface area (Å²) < 4.78 is 7.56. The van der Waals surface area contributed by atoms with Gasteiger partial charge in [-0.3, -0.25) is 14.6 Å². The van der Waals surface area contributed by atoms with Crippen LogP contribution >= 0.6 is 0 Å². The lowest BCUT2D eigenvalue weighted by molar-refractivity contribution is 0.196. The minimum atomic E-state index is 0.488. The Morgan fingerprint density at radius 1 is 1.07 bits per heavy atom. The molecule has 1 fully saturated rings. The van der Waals surface area contributed by atoms with E-state index in [9.17, 15) is 0 Å². The molecule has 0 saturated carbocycles. The summed E-state index contributed by atoms with van der Waals surface area (Å²) in [4.78, 5) is 7.40. The van der Waals surface area contributed by atoms with E-state index in [1.807, 2.05) is 30.3 Å². The van der Waals surface area contributed by atoms with Crippen LogP contribution in [0.5, 0.6) is 5.75 Å². The Labute approximate surface area is 178 Å². The smallest absolute Gasteiger partial charge is 0.123 e. The molecule has 1 aliphatic carbocycles. The number of piperidine rings is 1. The molecule has 0 N–H and O–H groups in total. The number of likely N-dealkylation sites (tertiary alicyclic amines) is 1. The van der Waals surface area contributed by atoms with E-state index in [4.69, 9.17) is 9.72 Å². The molecule has 1 atom stereocenters. The van der Waals surface area contributed by atoms with Crippen LogP contribution in [0.2, 0.25) is 0 Å². The first kappa shape index (κ1) is 19.3. The predicted molar refractivity (Wildman–Crippen MR) is 119 cm³/mol. The molecule has 5 rings (SSSR count). The molecule has 1 aliphatic heterocycles. The number of methoxy groups -OCH3 is 1. The number of rotatable bonds is 5. The molecule has 2 aliphatic rings. The second kappa shape index (κ2) is 8.23. The highest BCUT2D eigenvalue weighted by molar-refractivity contribution is 5.60. The Bertz CT molecular complexity index is 1020. The third kappa shape index (κ3) is 3.86. The maximum Gasteiger partial charge on any atom is 0.123 e. The zero-order valence-corrected chi connectivity index (χ0v) is 18.0. The zero-order chi connectivity index (χ0) is 20.5. The number of pyridine rings is 1. The number of benzene rings is 1. The highest BCUT2D eigenvalue weighted by atomic mass is 16.5. The van der Waals surface area contributed by atoms with Crippen molar-refractivity contribution in [1.82, 2.24) is 19.7 Å². The number of aryl methyl sites for hydroxylation is 3. The van der Waals surface area contributed by atoms with Crippen molar-refractivity contribution in [2.75, 3.05) is 20.2 Å². The van der Waals surface area contributed by atoms with Gasteiger partial charge < -0.3 is 4.74 Å². The van der Waals surface area contributed by atoms with Crippen molar-refractivity contribution in [3.8, 4) is 16.9 Å². The van der Waals surface area contributed by atoms with Crippen molar-refractivity contribution in [3.05, 3.63) is 65.2 Å². The minimum absolute atomic E-state index is 0.488. The number of hydrogen-bond acceptors (Lipinski definition) is 4. The molecule has 0 amide bonds. The lowest BCUT2D eigenvalue weighted by Gasteiger charge is -2.33. The van der Waals surface area contributed by atoms with Gasteiger partial charge in [0.1, 0.15) is 5.75 Å². The number of nitrogens with zero attached hydrogens (tertiary/aromatic N) is 4. The van der Waals surface area contributed by atoms with Gasteiger partial charge in [-0.25, -0.2) is 0 Å². The van der Waals surface area contributed by atoms with Crippen LogP contribution in [0, 0.1) is 0 Å². The standard InChI is InChI=1S/C25H30N4O/c1-28-15-23(14-27-28)20-8-9-24(26-13-20)21-7-4-10-29(16-21)17-22-11-18-5-3-6-19(18)12-25(22)30-2/h8-9,11-15,21H,3-7,10,16-17H2,1-2H3/t21-/m0/s1. The van der Waals surface area contributed by atoms with Crippen molar-refractivity contribution >= 4 is 0 Å². The summed E-state index contributed by atoms with van der Waals surface area (Å²) in [6.45, 7) is 3.16. The number of fused-ring (bicyclic) bond motifs is 1. The van der Waals surface area contributed by atoms with Crippen molar-refractivity contribution in [1.29, 1.82) is 0 Å². The highest BCUT2D eigenvalue weighted by Crippen LogP contribution is 2.33. The fourth-order valence-corrected chi connectivity index (χ4v) is 5.04. The molecular weight excluding hydrogens is 372 g/mol. The summed E-state index contributed by atoms with van der Waals surface area (Å²) in [5, 5.41) is 4.26. The molecule has 3 heterocycles. The minimum Gasteiger partial charge on any atom is -0.496 e. The van der Waals surface area contributed by atoms with Crippen LogP contribution < -0.4 is 4.74 Å². The molecule has 1 aromatic carbocycles. The molecule has 0 radical (unpaired) electrons. The van der Waals surface area contributed by atoms with E-state index in [1.165, 1.54) is 54.5 Å². The van der Waals surface area contributed by atoms with Gasteiger partial charge in [-0.1, -0.05) is 12.1 Å². The number of hydrogen-bond donors (Lipinski definition) is 0. The van der Waals surface area contributed by atoms with Gasteiger partial charge in [-0.05, 0) is 61.9 Å². The second-order valence-corrected chi connectivity index (χ2v) is 8.74. The summed E-state index contributed by atoms with van der Waals surface area (Å²) in [6, 6.07) is 9.05. The van der Waals surface area contributed by atoms with Crippen molar-refractivity contribution in [3.63, 3.8) is 0 Å². The summed E-state index contributed by atoms with van der Waals surface area (Å²) in [6.07, 6.45) is 12.0. The second-order valence-electron chi connectivity index (χ2n) is 8.74. The molecule has 5 heteroatoms. The molecule has 0 unspecified atom stereocenters. The quantitative estimate of drug-likeness (QED) is 0.636. The van der Waals surface area contributed by atoms with E-state index >= 15 is 0 Å². The predicted octanol–water partition coefficient (Wildman–Crippen LogP) is 4.36. The first-order valence-electron chi connectivity index (χ1n) is 11.1. The van der Waals surface area contributed by atoms with Crippen LogP contribution in [-0.4, -0.2) is 39.9 Å². The average molecular weight is 403 g/mol. The Kier molecular flexibility index (Phi) is 5.30. The van der Waals surface area contributed by atoms with Gasteiger partial charge in [0.25, 0.3) is 0 Å². The highest BCUT2D eigenvalue weighted by Gasteiger charge is 2.24. The lowest BCUT2D eigenvalue weighted by Crippen LogP contribution is -2.34. The van der Waals surface area contributed by atoms with Gasteiger partial charge in [0.05, 0.1) is 13.3 Å². The van der Waals surface area contributed by atoms with Gasteiger partial charge in [0, 0.05) is 60.8 Å². The summed E-state index contributed by atoms with van der Waals surface area (Å²) in [7, 11) is 3.74. The maximum atomic E-state index is 5.73. The van der Waals surface area contributed by atoms with Gasteiger partial charge in [-0.2, -0.15) is 5.10 Å². The Hall–Kier alpha value is -2.66. The van der Waals surface area contributed by atoms with E-state index < -0.39 is 0 Å². The topological polar surface area (TPSA) is 43.2 Å². The molecule has 1 saturated heterocycles. The lowest BCUT2D eigenvalue weighted by atomic mass is 9.93. The average Bonchev–Trinajstić information content (AvgIpc) is 3.42. The Balaban J connectivity index is 1.29. The van der Waals surface area contributed by atoms with Gasteiger partial charge in [-0.15, -0.1) is 0 Å². The first-order chi connectivity index (χ1) is 14.7. The van der Waals surface area contributed by atoms with Gasteiger partial charge >= 0.3 is 0 Å². The fourth-order valence-electron chi connectivity index (χ4n) is 5.04. The van der Waals surface area contributed by atoms with Crippen LogP contribution in [0.1, 0.15) is 47.6 Å². The van der Waals surface area contributed by atoms with E-state index in [1.54, 1.807) is 7.11 Å². The molecule has 3 aromatic rings. The number of aromatic nitrogens is 3. The summed E-state index contributed by atoms with van der Waals surface area (Å²) in [5.41, 5.74) is 7.77. The van der Waals surface area contributed by atoms with Crippen molar-refractivity contribution < 1.29 is 4.74 Å². The third-order valence-electron chi connectivity index (χ3n) is 6.64. The van der Waals surface area contributed by atoms with Crippen LogP contribution in [-0.2, 0) is 26.4 Å². The van der Waals surface area contributed by atoms with Crippen LogP contribution in [0.3, 0.4) is 0 Å². The summed E-state index contributed by atoms with van der Waals surface area (Å²) in [5.74, 6) is 1.54. The van der Waals surface area contributed by atoms with Crippen LogP contribution in [0.25, 0.3) is 11.1 Å². The van der Waals surface area contributed by atoms with E-state index in [2.05, 4.69) is 34.3 Å². The maximum absolute atomic E-state index is 5.73. The number of ether oxygens (including phenoxy) is 1. The molecule has 156 valence electrons. The SMILES string of the molecule is COc1cc2c(cc1CN1CCC[C@H](c3ccc(-c4cnn(C)c4)cn3)C1)CCC2. The van der Waals surface area contributed by atoms with E-state index in [0.29, 0.717) is 5.92 Å². The molecule has 0 bridgehead atoms. The molecule has 30 heavy (non-hydrogen) atoms. The first-order valence-corrected chi connectivity index (χ1v) is 11.1. The van der Waals surface area contributed by atoms with E-state index in [0.717, 1.165) is 36.5 Å². The largest absolute Gasteiger partial charge is 0.496 e. The molecule has 0 spiro atoms. The summed E-state index contributed by atoms with van der Waals surface area (Å²) >= 11 is 0. The van der Waals surface area contributed by atoms with Gasteiger partial charge in [0.2, 0.25) is 0 Å². The molecule has 5 nitrogen and oxygen atoms in total. The van der Waals surface area contributed by atoms with Gasteiger partial charge in [0.15, 0.2) is 0 Å². The molecular formula is C25H30N4O.